The van der Waals surface area contributed by atoms with Gasteiger partial charge >= 0.3 is 0 Å². The Morgan fingerprint density at radius 3 is 2.60 bits per heavy atom. The number of hydrogen-bond donors (Lipinski definition) is 1. The Morgan fingerprint density at radius 1 is 1.06 bits per heavy atom. The number of fused-ring (bicyclic) bond motifs is 3. The van der Waals surface area contributed by atoms with Gasteiger partial charge in [-0.1, -0.05) is 29.8 Å². The second-order valence-corrected chi connectivity index (χ2v) is 9.88. The van der Waals surface area contributed by atoms with Gasteiger partial charge in [-0.15, -0.1) is 5.10 Å². The standard InChI is InChI=1S/C27H19ClN4O2S/c1-15-3-2-4-18-13-21-22(14-23(34)16-5-9-19(28)10-6-16)32-27(35-26(21)29-24(15)18)30-25(31-32)17-7-11-20(33)12-8-17/h2-13,22,33H,14H2,1H3. The van der Waals surface area contributed by atoms with Gasteiger partial charge in [0.1, 0.15) is 10.8 Å². The highest BCUT2D eigenvalue weighted by molar-refractivity contribution is 7.99. The van der Waals surface area contributed by atoms with Gasteiger partial charge in [0.25, 0.3) is 0 Å². The first kappa shape index (κ1) is 21.8. The Balaban J connectivity index is 1.48. The molecule has 1 unspecified atom stereocenters. The quantitative estimate of drug-likeness (QED) is 0.285. The van der Waals surface area contributed by atoms with Crippen LogP contribution in [0.4, 0.5) is 0 Å². The van der Waals surface area contributed by atoms with E-state index in [0.29, 0.717) is 21.6 Å². The Labute approximate surface area is 210 Å². The highest BCUT2D eigenvalue weighted by atomic mass is 35.5. The minimum Gasteiger partial charge on any atom is -0.508 e. The van der Waals surface area contributed by atoms with Crippen LogP contribution in [-0.2, 0) is 0 Å². The van der Waals surface area contributed by atoms with E-state index in [2.05, 4.69) is 6.07 Å². The number of carbonyl (C=O) groups is 1. The van der Waals surface area contributed by atoms with Crippen molar-refractivity contribution in [1.29, 1.82) is 0 Å². The fourth-order valence-electron chi connectivity index (χ4n) is 4.32. The Kier molecular flexibility index (Phi) is 5.31. The summed E-state index contributed by atoms with van der Waals surface area (Å²) in [7, 11) is 0. The van der Waals surface area contributed by atoms with E-state index >= 15 is 0 Å². The van der Waals surface area contributed by atoms with Crippen LogP contribution in [0.5, 0.6) is 5.75 Å². The minimum atomic E-state index is -0.361. The molecule has 0 aliphatic carbocycles. The van der Waals surface area contributed by atoms with Crippen LogP contribution in [-0.4, -0.2) is 30.6 Å². The van der Waals surface area contributed by atoms with E-state index in [4.69, 9.17) is 26.7 Å². The maximum absolute atomic E-state index is 13.3. The third-order valence-corrected chi connectivity index (χ3v) is 7.39. The zero-order chi connectivity index (χ0) is 24.1. The number of pyridine rings is 1. The molecule has 1 atom stereocenters. The largest absolute Gasteiger partial charge is 0.508 e. The van der Waals surface area contributed by atoms with Gasteiger partial charge < -0.3 is 5.11 Å². The van der Waals surface area contributed by atoms with Crippen LogP contribution in [0.3, 0.4) is 0 Å². The number of ketones is 1. The molecule has 0 amide bonds. The highest BCUT2D eigenvalue weighted by Gasteiger charge is 2.32. The molecule has 0 saturated carbocycles. The molecule has 3 heterocycles. The number of para-hydroxylation sites is 1. The second-order valence-electron chi connectivity index (χ2n) is 8.49. The van der Waals surface area contributed by atoms with Crippen molar-refractivity contribution in [3.05, 3.63) is 94.5 Å². The van der Waals surface area contributed by atoms with E-state index in [9.17, 15) is 9.90 Å². The van der Waals surface area contributed by atoms with E-state index in [1.165, 1.54) is 11.8 Å². The maximum atomic E-state index is 13.3. The fourth-order valence-corrected chi connectivity index (χ4v) is 5.47. The summed E-state index contributed by atoms with van der Waals surface area (Å²) in [5.41, 5.74) is 4.36. The molecular formula is C27H19ClN4O2S. The molecule has 172 valence electrons. The number of carbonyl (C=O) groups excluding carboxylic acids is 1. The second kappa shape index (κ2) is 8.52. The zero-order valence-corrected chi connectivity index (χ0v) is 20.2. The Morgan fingerprint density at radius 2 is 1.83 bits per heavy atom. The van der Waals surface area contributed by atoms with Gasteiger partial charge in [0.2, 0.25) is 0 Å². The number of phenols is 1. The van der Waals surface area contributed by atoms with Crippen LogP contribution in [0.25, 0.3) is 22.3 Å². The Hall–Kier alpha value is -3.68. The molecule has 0 bridgehead atoms. The Bertz CT molecular complexity index is 1600. The lowest BCUT2D eigenvalue weighted by Gasteiger charge is -2.25. The van der Waals surface area contributed by atoms with E-state index in [0.717, 1.165) is 32.6 Å². The summed E-state index contributed by atoms with van der Waals surface area (Å²) in [4.78, 5) is 23.0. The lowest BCUT2D eigenvalue weighted by atomic mass is 9.97. The number of phenolic OH excluding ortho intramolecular Hbond substituents is 1. The number of aryl methyl sites for hydroxylation is 1. The van der Waals surface area contributed by atoms with Crippen LogP contribution >= 0.6 is 23.4 Å². The first-order valence-electron chi connectivity index (χ1n) is 11.1. The molecule has 0 fully saturated rings. The number of aromatic nitrogens is 4. The number of aromatic hydroxyl groups is 1. The molecule has 6 nitrogen and oxygen atoms in total. The summed E-state index contributed by atoms with van der Waals surface area (Å²) < 4.78 is 1.83. The molecular weight excluding hydrogens is 480 g/mol. The third kappa shape index (κ3) is 3.96. The average molecular weight is 499 g/mol. The van der Waals surface area contributed by atoms with E-state index in [1.807, 2.05) is 29.8 Å². The molecule has 6 rings (SSSR count). The number of halogens is 1. The topological polar surface area (TPSA) is 80.9 Å². The normalized spacial score (nSPS) is 14.5. The summed E-state index contributed by atoms with van der Waals surface area (Å²) in [5.74, 6) is 0.698. The summed E-state index contributed by atoms with van der Waals surface area (Å²) in [6, 6.07) is 21.6. The maximum Gasteiger partial charge on any atom is 0.193 e. The summed E-state index contributed by atoms with van der Waals surface area (Å²) in [6.07, 6.45) is 0.208. The minimum absolute atomic E-state index is 0.0125. The van der Waals surface area contributed by atoms with Gasteiger partial charge in [0, 0.05) is 33.5 Å². The van der Waals surface area contributed by atoms with E-state index in [1.54, 1.807) is 48.5 Å². The number of hydrogen-bond acceptors (Lipinski definition) is 6. The van der Waals surface area contributed by atoms with Crippen molar-refractivity contribution in [3.63, 3.8) is 0 Å². The molecule has 0 radical (unpaired) electrons. The summed E-state index contributed by atoms with van der Waals surface area (Å²) >= 11 is 7.47. The smallest absolute Gasteiger partial charge is 0.193 e. The van der Waals surface area contributed by atoms with Crippen LogP contribution in [0.2, 0.25) is 5.02 Å². The zero-order valence-electron chi connectivity index (χ0n) is 18.6. The first-order valence-corrected chi connectivity index (χ1v) is 12.3. The van der Waals surface area contributed by atoms with Crippen molar-refractivity contribution >= 4 is 40.0 Å². The van der Waals surface area contributed by atoms with Crippen molar-refractivity contribution in [3.8, 4) is 17.1 Å². The first-order chi connectivity index (χ1) is 17.0. The van der Waals surface area contributed by atoms with Crippen LogP contribution in [0, 0.1) is 6.92 Å². The number of Topliss-reactive ketones (excluding diaryl/α,β-unsaturated/α-hetero) is 1. The third-order valence-electron chi connectivity index (χ3n) is 6.15. The number of benzene rings is 3. The van der Waals surface area contributed by atoms with Crippen molar-refractivity contribution in [2.75, 3.05) is 0 Å². The van der Waals surface area contributed by atoms with Crippen molar-refractivity contribution < 1.29 is 9.90 Å². The average Bonchev–Trinajstić information content (AvgIpc) is 3.28. The molecule has 1 aliphatic heterocycles. The van der Waals surface area contributed by atoms with Gasteiger partial charge in [0.15, 0.2) is 16.8 Å². The van der Waals surface area contributed by atoms with Gasteiger partial charge in [-0.3, -0.25) is 4.79 Å². The predicted molar refractivity (Wildman–Crippen MR) is 136 cm³/mol. The number of rotatable bonds is 4. The van der Waals surface area contributed by atoms with Gasteiger partial charge in [-0.05, 0) is 78.8 Å². The summed E-state index contributed by atoms with van der Waals surface area (Å²) in [6.45, 7) is 2.04. The SMILES string of the molecule is Cc1cccc2cc3c(nc12)Sc1nc(-c2ccc(O)cc2)nn1C3CC(=O)c1ccc(Cl)cc1. The molecule has 0 spiro atoms. The number of nitrogens with zero attached hydrogens (tertiary/aromatic N) is 4. The fraction of sp³-hybridized carbons (Fsp3) is 0.111. The molecule has 5 aromatic rings. The predicted octanol–water partition coefficient (Wildman–Crippen LogP) is 6.49. The molecule has 0 saturated heterocycles. The van der Waals surface area contributed by atoms with Crippen LogP contribution < -0.4 is 0 Å². The molecule has 3 aromatic carbocycles. The van der Waals surface area contributed by atoms with Gasteiger partial charge in [-0.25, -0.2) is 14.6 Å². The van der Waals surface area contributed by atoms with Gasteiger partial charge in [0.05, 0.1) is 11.6 Å². The molecule has 8 heteroatoms. The molecule has 2 aromatic heterocycles. The molecule has 35 heavy (non-hydrogen) atoms. The molecule has 1 aliphatic rings. The summed E-state index contributed by atoms with van der Waals surface area (Å²) in [5, 5.41) is 17.6. The van der Waals surface area contributed by atoms with E-state index in [-0.39, 0.29) is 24.0 Å². The van der Waals surface area contributed by atoms with Gasteiger partial charge in [-0.2, -0.15) is 0 Å². The van der Waals surface area contributed by atoms with E-state index < -0.39 is 0 Å². The lowest BCUT2D eigenvalue weighted by Crippen LogP contribution is -2.21. The van der Waals surface area contributed by atoms with Crippen LogP contribution in [0.1, 0.15) is 33.9 Å². The molecule has 1 N–H and O–H groups in total. The highest BCUT2D eigenvalue weighted by Crippen LogP contribution is 2.43. The van der Waals surface area contributed by atoms with Crippen molar-refractivity contribution in [2.45, 2.75) is 29.6 Å². The lowest BCUT2D eigenvalue weighted by molar-refractivity contribution is 0.0964. The van der Waals surface area contributed by atoms with Crippen LogP contribution in [0.15, 0.2) is 83.0 Å². The monoisotopic (exact) mass is 498 g/mol. The van der Waals surface area contributed by atoms with Crippen molar-refractivity contribution in [1.82, 2.24) is 19.7 Å². The van der Waals surface area contributed by atoms with Crippen molar-refractivity contribution in [2.24, 2.45) is 0 Å².